The standard InChI is InChI=1S/C21H31N5O2.ClH/c1-16(2)28-15-18-6-4-5-17(11-18)12-24-20(27)14-26-10-7-22-13-19(26)21-23-8-9-25(21)3;/h4-6,8-9,11,16,19,22H,7,10,12-15H2,1-3H3,(H,24,27);1H. The van der Waals surface area contributed by atoms with Gasteiger partial charge in [-0.3, -0.25) is 9.69 Å². The van der Waals surface area contributed by atoms with Crippen LogP contribution in [0.25, 0.3) is 0 Å². The number of hydrogen-bond donors (Lipinski definition) is 2. The van der Waals surface area contributed by atoms with Gasteiger partial charge in [0.1, 0.15) is 5.82 Å². The van der Waals surface area contributed by atoms with E-state index in [-0.39, 0.29) is 30.5 Å². The molecule has 0 bridgehead atoms. The number of aromatic nitrogens is 2. The molecule has 8 heteroatoms. The van der Waals surface area contributed by atoms with Crippen molar-refractivity contribution in [2.45, 2.75) is 39.1 Å². The van der Waals surface area contributed by atoms with Crippen LogP contribution >= 0.6 is 12.4 Å². The lowest BCUT2D eigenvalue weighted by molar-refractivity contribution is -0.123. The smallest absolute Gasteiger partial charge is 0.234 e. The average Bonchev–Trinajstić information content (AvgIpc) is 3.11. The fourth-order valence-electron chi connectivity index (χ4n) is 3.42. The number of halogens is 1. The average molecular weight is 422 g/mol. The predicted octanol–water partition coefficient (Wildman–Crippen LogP) is 2.03. The zero-order valence-electron chi connectivity index (χ0n) is 17.4. The second-order valence-electron chi connectivity index (χ2n) is 7.54. The van der Waals surface area contributed by atoms with Crippen LogP contribution in [0.2, 0.25) is 0 Å². The van der Waals surface area contributed by atoms with Crippen LogP contribution in [-0.2, 0) is 29.7 Å². The monoisotopic (exact) mass is 421 g/mol. The van der Waals surface area contributed by atoms with E-state index in [9.17, 15) is 4.79 Å². The van der Waals surface area contributed by atoms with E-state index in [0.717, 1.165) is 36.6 Å². The normalized spacial score (nSPS) is 17.2. The molecule has 1 unspecified atom stereocenters. The Kier molecular flexibility index (Phi) is 9.10. The van der Waals surface area contributed by atoms with Crippen LogP contribution in [0.15, 0.2) is 36.7 Å². The van der Waals surface area contributed by atoms with Crippen LogP contribution < -0.4 is 10.6 Å². The number of rotatable bonds is 8. The Morgan fingerprint density at radius 1 is 1.38 bits per heavy atom. The lowest BCUT2D eigenvalue weighted by Gasteiger charge is -2.35. The Morgan fingerprint density at radius 2 is 2.17 bits per heavy atom. The van der Waals surface area contributed by atoms with Gasteiger partial charge in [0.05, 0.1) is 25.3 Å². The first-order chi connectivity index (χ1) is 13.5. The molecule has 0 radical (unpaired) electrons. The summed E-state index contributed by atoms with van der Waals surface area (Å²) < 4.78 is 7.68. The predicted molar refractivity (Wildman–Crippen MR) is 116 cm³/mol. The van der Waals surface area contributed by atoms with Crippen LogP contribution in [0.1, 0.15) is 36.8 Å². The van der Waals surface area contributed by atoms with Gasteiger partial charge in [-0.2, -0.15) is 0 Å². The van der Waals surface area contributed by atoms with Crippen molar-refractivity contribution in [2.75, 3.05) is 26.2 Å². The van der Waals surface area contributed by atoms with Gasteiger partial charge in [-0.1, -0.05) is 24.3 Å². The van der Waals surface area contributed by atoms with Crippen LogP contribution in [0.4, 0.5) is 0 Å². The zero-order valence-corrected chi connectivity index (χ0v) is 18.2. The zero-order chi connectivity index (χ0) is 19.9. The molecule has 1 aromatic heterocycles. The summed E-state index contributed by atoms with van der Waals surface area (Å²) in [5.74, 6) is 1.02. The molecule has 7 nitrogen and oxygen atoms in total. The number of piperazine rings is 1. The number of aryl methyl sites for hydroxylation is 1. The Labute approximate surface area is 179 Å². The van der Waals surface area contributed by atoms with Crippen molar-refractivity contribution in [3.05, 3.63) is 53.6 Å². The Bertz CT molecular complexity index is 780. The van der Waals surface area contributed by atoms with Gasteiger partial charge in [-0.15, -0.1) is 12.4 Å². The highest BCUT2D eigenvalue weighted by Crippen LogP contribution is 2.19. The molecule has 2 heterocycles. The number of ether oxygens (including phenoxy) is 1. The Hall–Kier alpha value is -1.93. The molecular formula is C21H32ClN5O2. The molecule has 3 rings (SSSR count). The second-order valence-corrected chi connectivity index (χ2v) is 7.54. The van der Waals surface area contributed by atoms with E-state index in [1.54, 1.807) is 6.20 Å². The van der Waals surface area contributed by atoms with Crippen LogP contribution in [0.3, 0.4) is 0 Å². The SMILES string of the molecule is CC(C)OCc1cccc(CNC(=O)CN2CCNCC2c2nccn2C)c1.Cl. The number of imidazole rings is 1. The van der Waals surface area contributed by atoms with E-state index < -0.39 is 0 Å². The molecule has 1 atom stereocenters. The summed E-state index contributed by atoms with van der Waals surface area (Å²) in [6.07, 6.45) is 3.95. The van der Waals surface area contributed by atoms with Crippen LogP contribution in [0.5, 0.6) is 0 Å². The molecule has 1 fully saturated rings. The number of nitrogens with one attached hydrogen (secondary N) is 2. The first-order valence-electron chi connectivity index (χ1n) is 9.91. The topological polar surface area (TPSA) is 71.4 Å². The summed E-state index contributed by atoms with van der Waals surface area (Å²) >= 11 is 0. The maximum atomic E-state index is 12.6. The number of benzene rings is 1. The largest absolute Gasteiger partial charge is 0.374 e. The van der Waals surface area contributed by atoms with Crippen molar-refractivity contribution in [3.63, 3.8) is 0 Å². The van der Waals surface area contributed by atoms with Crippen molar-refractivity contribution in [2.24, 2.45) is 7.05 Å². The van der Waals surface area contributed by atoms with E-state index in [0.29, 0.717) is 19.7 Å². The molecule has 0 saturated carbocycles. The first-order valence-corrected chi connectivity index (χ1v) is 9.91. The van der Waals surface area contributed by atoms with Gasteiger partial charge in [0.2, 0.25) is 5.91 Å². The van der Waals surface area contributed by atoms with E-state index >= 15 is 0 Å². The molecule has 0 spiro atoms. The van der Waals surface area contributed by atoms with E-state index in [1.807, 2.05) is 49.9 Å². The third-order valence-corrected chi connectivity index (χ3v) is 4.92. The van der Waals surface area contributed by atoms with Crippen molar-refractivity contribution in [1.82, 2.24) is 25.1 Å². The molecule has 1 aliphatic rings. The number of amides is 1. The summed E-state index contributed by atoms with van der Waals surface area (Å²) in [4.78, 5) is 19.2. The van der Waals surface area contributed by atoms with Crippen LogP contribution in [0, 0.1) is 0 Å². The van der Waals surface area contributed by atoms with E-state index in [2.05, 4.69) is 26.6 Å². The van der Waals surface area contributed by atoms with Crippen molar-refractivity contribution in [3.8, 4) is 0 Å². The number of carbonyl (C=O) groups excluding carboxylic acids is 1. The second kappa shape index (κ2) is 11.3. The molecule has 1 aromatic carbocycles. The molecule has 0 aliphatic carbocycles. The number of nitrogens with zero attached hydrogens (tertiary/aromatic N) is 3. The van der Waals surface area contributed by atoms with Gasteiger partial charge in [0.25, 0.3) is 0 Å². The fraction of sp³-hybridized carbons (Fsp3) is 0.524. The first kappa shape index (κ1) is 23.3. The molecule has 160 valence electrons. The molecule has 2 aromatic rings. The molecule has 2 N–H and O–H groups in total. The number of carbonyl (C=O) groups is 1. The maximum Gasteiger partial charge on any atom is 0.234 e. The molecule has 1 aliphatic heterocycles. The minimum atomic E-state index is 0. The highest BCUT2D eigenvalue weighted by atomic mass is 35.5. The summed E-state index contributed by atoms with van der Waals surface area (Å²) in [6.45, 7) is 8.04. The number of hydrogen-bond acceptors (Lipinski definition) is 5. The quantitative estimate of drug-likeness (QED) is 0.682. The van der Waals surface area contributed by atoms with Gasteiger partial charge in [-0.05, 0) is 25.0 Å². The van der Waals surface area contributed by atoms with Crippen LogP contribution in [-0.4, -0.2) is 52.6 Å². The Morgan fingerprint density at radius 3 is 2.90 bits per heavy atom. The highest BCUT2D eigenvalue weighted by molar-refractivity contribution is 5.85. The lowest BCUT2D eigenvalue weighted by Crippen LogP contribution is -2.50. The molecular weight excluding hydrogens is 390 g/mol. The maximum absolute atomic E-state index is 12.6. The third kappa shape index (κ3) is 6.82. The van der Waals surface area contributed by atoms with Crippen molar-refractivity contribution >= 4 is 18.3 Å². The van der Waals surface area contributed by atoms with Crippen molar-refractivity contribution in [1.29, 1.82) is 0 Å². The summed E-state index contributed by atoms with van der Waals surface area (Å²) in [6, 6.07) is 8.28. The summed E-state index contributed by atoms with van der Waals surface area (Å²) in [7, 11) is 1.99. The van der Waals surface area contributed by atoms with Crippen molar-refractivity contribution < 1.29 is 9.53 Å². The highest BCUT2D eigenvalue weighted by Gasteiger charge is 2.28. The third-order valence-electron chi connectivity index (χ3n) is 4.92. The van der Waals surface area contributed by atoms with Gasteiger partial charge in [0.15, 0.2) is 0 Å². The van der Waals surface area contributed by atoms with E-state index in [4.69, 9.17) is 4.74 Å². The molecule has 29 heavy (non-hydrogen) atoms. The minimum Gasteiger partial charge on any atom is -0.374 e. The summed E-state index contributed by atoms with van der Waals surface area (Å²) in [5.41, 5.74) is 2.21. The minimum absolute atomic E-state index is 0. The lowest BCUT2D eigenvalue weighted by atomic mass is 10.1. The van der Waals surface area contributed by atoms with Gasteiger partial charge in [-0.25, -0.2) is 4.98 Å². The van der Waals surface area contributed by atoms with Gasteiger partial charge >= 0.3 is 0 Å². The van der Waals surface area contributed by atoms with Gasteiger partial charge < -0.3 is 19.9 Å². The van der Waals surface area contributed by atoms with E-state index in [1.165, 1.54) is 0 Å². The molecule has 1 amide bonds. The molecule has 1 saturated heterocycles. The van der Waals surface area contributed by atoms with Gasteiger partial charge in [0, 0.05) is 45.6 Å². The fourth-order valence-corrected chi connectivity index (χ4v) is 3.42. The summed E-state index contributed by atoms with van der Waals surface area (Å²) in [5, 5.41) is 6.45. The Balaban J connectivity index is 0.00000300.